The van der Waals surface area contributed by atoms with Crippen molar-refractivity contribution in [2.24, 2.45) is 0 Å². The Kier molecular flexibility index (Phi) is 4.95. The number of methoxy groups -OCH3 is 2. The molecule has 22 heavy (non-hydrogen) atoms. The number of fused-ring (bicyclic) bond motifs is 1. The zero-order valence-corrected chi connectivity index (χ0v) is 12.3. The fourth-order valence-electron chi connectivity index (χ4n) is 2.00. The van der Waals surface area contributed by atoms with E-state index >= 15 is 0 Å². The molecule has 0 unspecified atom stereocenters. The molecule has 8 nitrogen and oxygen atoms in total. The molecular weight excluding hydrogens is 290 g/mol. The summed E-state index contributed by atoms with van der Waals surface area (Å²) in [5, 5.41) is 11.5. The fraction of sp³-hybridized carbons (Fsp3) is 0.357. The van der Waals surface area contributed by atoms with Crippen molar-refractivity contribution >= 4 is 16.8 Å². The van der Waals surface area contributed by atoms with Gasteiger partial charge in [0.2, 0.25) is 5.91 Å². The van der Waals surface area contributed by atoms with Crippen LogP contribution in [0.25, 0.3) is 10.9 Å². The number of carbonyl (C=O) groups is 1. The highest BCUT2D eigenvalue weighted by molar-refractivity contribution is 5.82. The number of nitrogens with zero attached hydrogens (tertiary/aromatic N) is 2. The summed E-state index contributed by atoms with van der Waals surface area (Å²) >= 11 is 0. The quantitative estimate of drug-likeness (QED) is 0.747. The molecule has 2 rings (SSSR count). The van der Waals surface area contributed by atoms with Gasteiger partial charge in [-0.2, -0.15) is 0 Å². The Labute approximate surface area is 126 Å². The van der Waals surface area contributed by atoms with Crippen molar-refractivity contribution in [2.45, 2.75) is 6.54 Å². The molecule has 0 aliphatic rings. The number of benzene rings is 1. The van der Waals surface area contributed by atoms with Gasteiger partial charge < -0.3 is 19.9 Å². The predicted molar refractivity (Wildman–Crippen MR) is 79.2 cm³/mol. The average Bonchev–Trinajstić information content (AvgIpc) is 2.54. The Morgan fingerprint density at radius 3 is 2.64 bits per heavy atom. The van der Waals surface area contributed by atoms with Crippen LogP contribution >= 0.6 is 0 Å². The first-order valence-corrected chi connectivity index (χ1v) is 6.59. The van der Waals surface area contributed by atoms with Crippen molar-refractivity contribution in [1.82, 2.24) is 14.9 Å². The van der Waals surface area contributed by atoms with Crippen LogP contribution in [0.5, 0.6) is 11.5 Å². The van der Waals surface area contributed by atoms with Crippen LogP contribution in [0.3, 0.4) is 0 Å². The van der Waals surface area contributed by atoms with E-state index in [2.05, 4.69) is 10.3 Å². The van der Waals surface area contributed by atoms with E-state index in [1.165, 1.54) is 31.2 Å². The zero-order valence-electron chi connectivity index (χ0n) is 12.3. The van der Waals surface area contributed by atoms with Crippen LogP contribution in [-0.4, -0.2) is 47.9 Å². The van der Waals surface area contributed by atoms with Crippen molar-refractivity contribution < 1.29 is 19.4 Å². The number of aromatic nitrogens is 2. The minimum absolute atomic E-state index is 0.139. The van der Waals surface area contributed by atoms with Gasteiger partial charge in [0.1, 0.15) is 6.54 Å². The molecule has 1 heterocycles. The monoisotopic (exact) mass is 307 g/mol. The summed E-state index contributed by atoms with van der Waals surface area (Å²) < 4.78 is 11.5. The standard InChI is InChI=1S/C14H17N3O5/c1-21-11-5-9-10(6-12(11)22-2)16-8-17(14(9)20)7-13(19)15-3-4-18/h5-6,8,18H,3-4,7H2,1-2H3,(H,15,19). The van der Waals surface area contributed by atoms with Gasteiger partial charge in [0.25, 0.3) is 5.56 Å². The normalized spacial score (nSPS) is 10.5. The molecule has 1 aromatic heterocycles. The lowest BCUT2D eigenvalue weighted by molar-refractivity contribution is -0.121. The average molecular weight is 307 g/mol. The molecule has 0 aliphatic heterocycles. The van der Waals surface area contributed by atoms with E-state index in [0.717, 1.165) is 0 Å². The second-order valence-electron chi connectivity index (χ2n) is 4.48. The molecule has 0 atom stereocenters. The smallest absolute Gasteiger partial charge is 0.261 e. The molecule has 1 aromatic carbocycles. The highest BCUT2D eigenvalue weighted by atomic mass is 16.5. The third-order valence-corrected chi connectivity index (χ3v) is 3.08. The third-order valence-electron chi connectivity index (χ3n) is 3.08. The minimum Gasteiger partial charge on any atom is -0.493 e. The topological polar surface area (TPSA) is 103 Å². The molecule has 0 saturated heterocycles. The second kappa shape index (κ2) is 6.90. The van der Waals surface area contributed by atoms with Crippen LogP contribution in [0.2, 0.25) is 0 Å². The Hall–Kier alpha value is -2.61. The molecular formula is C14H17N3O5. The number of hydrogen-bond acceptors (Lipinski definition) is 6. The van der Waals surface area contributed by atoms with Crippen LogP contribution < -0.4 is 20.3 Å². The summed E-state index contributed by atoms with van der Waals surface area (Å²) in [7, 11) is 2.97. The number of nitrogens with one attached hydrogen (secondary N) is 1. The molecule has 0 spiro atoms. The van der Waals surface area contributed by atoms with E-state index in [0.29, 0.717) is 22.4 Å². The van der Waals surface area contributed by atoms with Crippen molar-refractivity contribution in [1.29, 1.82) is 0 Å². The maximum atomic E-state index is 12.4. The fourth-order valence-corrected chi connectivity index (χ4v) is 2.00. The molecule has 118 valence electrons. The van der Waals surface area contributed by atoms with Gasteiger partial charge in [-0.1, -0.05) is 0 Å². The van der Waals surface area contributed by atoms with Gasteiger partial charge in [0.05, 0.1) is 38.1 Å². The van der Waals surface area contributed by atoms with Gasteiger partial charge in [-0.15, -0.1) is 0 Å². The van der Waals surface area contributed by atoms with Crippen LogP contribution in [0.1, 0.15) is 0 Å². The molecule has 0 saturated carbocycles. The number of carbonyl (C=O) groups excluding carboxylic acids is 1. The summed E-state index contributed by atoms with van der Waals surface area (Å²) in [4.78, 5) is 28.2. The van der Waals surface area contributed by atoms with E-state index in [4.69, 9.17) is 14.6 Å². The van der Waals surface area contributed by atoms with Crippen molar-refractivity contribution in [3.8, 4) is 11.5 Å². The lowest BCUT2D eigenvalue weighted by Gasteiger charge is -2.10. The molecule has 8 heteroatoms. The molecule has 0 radical (unpaired) electrons. The first kappa shape index (κ1) is 15.8. The van der Waals surface area contributed by atoms with E-state index in [9.17, 15) is 9.59 Å². The van der Waals surface area contributed by atoms with Crippen LogP contribution in [0.4, 0.5) is 0 Å². The van der Waals surface area contributed by atoms with Gasteiger partial charge in [0.15, 0.2) is 11.5 Å². The SMILES string of the molecule is COc1cc2ncn(CC(=O)NCCO)c(=O)c2cc1OC. The van der Waals surface area contributed by atoms with Crippen LogP contribution in [0.15, 0.2) is 23.3 Å². The maximum Gasteiger partial charge on any atom is 0.261 e. The van der Waals surface area contributed by atoms with E-state index in [-0.39, 0.29) is 31.2 Å². The molecule has 0 bridgehead atoms. The summed E-state index contributed by atoms with van der Waals surface area (Å²) in [6.45, 7) is -0.191. The van der Waals surface area contributed by atoms with Gasteiger partial charge in [0, 0.05) is 12.6 Å². The number of hydrogen-bond donors (Lipinski definition) is 2. The predicted octanol–water partition coefficient (Wildman–Crippen LogP) is -0.478. The summed E-state index contributed by atoms with van der Waals surface area (Å²) in [5.74, 6) is 0.509. The Bertz CT molecular complexity index is 741. The maximum absolute atomic E-state index is 12.4. The first-order chi connectivity index (χ1) is 10.6. The summed E-state index contributed by atoms with van der Waals surface area (Å²) in [6.07, 6.45) is 1.30. The molecule has 1 amide bonds. The summed E-state index contributed by atoms with van der Waals surface area (Å²) in [5.41, 5.74) is 0.0970. The highest BCUT2D eigenvalue weighted by Gasteiger charge is 2.12. The Balaban J connectivity index is 2.41. The van der Waals surface area contributed by atoms with E-state index < -0.39 is 0 Å². The molecule has 2 aromatic rings. The number of ether oxygens (including phenoxy) is 2. The Morgan fingerprint density at radius 1 is 1.32 bits per heavy atom. The number of aliphatic hydroxyl groups excluding tert-OH is 1. The largest absolute Gasteiger partial charge is 0.493 e. The Morgan fingerprint density at radius 2 is 2.00 bits per heavy atom. The van der Waals surface area contributed by atoms with Crippen molar-refractivity contribution in [3.05, 3.63) is 28.8 Å². The number of rotatable bonds is 6. The van der Waals surface area contributed by atoms with Crippen LogP contribution in [0, 0.1) is 0 Å². The van der Waals surface area contributed by atoms with Gasteiger partial charge in [-0.05, 0) is 6.07 Å². The second-order valence-corrected chi connectivity index (χ2v) is 4.48. The van der Waals surface area contributed by atoms with Gasteiger partial charge in [-0.25, -0.2) is 4.98 Å². The van der Waals surface area contributed by atoms with Crippen molar-refractivity contribution in [2.75, 3.05) is 27.4 Å². The zero-order chi connectivity index (χ0) is 16.1. The van der Waals surface area contributed by atoms with E-state index in [1.807, 2.05) is 0 Å². The van der Waals surface area contributed by atoms with Crippen molar-refractivity contribution in [3.63, 3.8) is 0 Å². The van der Waals surface area contributed by atoms with Crippen LogP contribution in [-0.2, 0) is 11.3 Å². The number of amides is 1. The molecule has 0 aliphatic carbocycles. The molecule has 2 N–H and O–H groups in total. The van der Waals surface area contributed by atoms with Gasteiger partial charge >= 0.3 is 0 Å². The summed E-state index contributed by atoms with van der Waals surface area (Å²) in [6, 6.07) is 3.14. The van der Waals surface area contributed by atoms with Gasteiger partial charge in [-0.3, -0.25) is 14.2 Å². The lowest BCUT2D eigenvalue weighted by atomic mass is 10.2. The first-order valence-electron chi connectivity index (χ1n) is 6.59. The number of aliphatic hydroxyl groups is 1. The lowest BCUT2D eigenvalue weighted by Crippen LogP contribution is -2.33. The highest BCUT2D eigenvalue weighted by Crippen LogP contribution is 2.29. The van der Waals surface area contributed by atoms with E-state index in [1.54, 1.807) is 6.07 Å². The third kappa shape index (κ3) is 3.17. The minimum atomic E-state index is -0.377. The molecule has 0 fully saturated rings.